The molecule has 2 rings (SSSR count). The number of benzene rings is 1. The second-order valence-corrected chi connectivity index (χ2v) is 7.82. The van der Waals surface area contributed by atoms with Gasteiger partial charge in [-0.2, -0.15) is 0 Å². The van der Waals surface area contributed by atoms with E-state index in [1.54, 1.807) is 18.1 Å². The molecular weight excluding hydrogens is 344 g/mol. The Bertz CT molecular complexity index is 709. The molecule has 0 N–H and O–H groups in total. The zero-order chi connectivity index (χ0) is 20.2. The van der Waals surface area contributed by atoms with E-state index in [0.29, 0.717) is 26.1 Å². The molecule has 1 fully saturated rings. The smallest absolute Gasteiger partial charge is 0.410 e. The molecule has 6 heteroatoms. The maximum absolute atomic E-state index is 12.7. The topological polar surface area (TPSA) is 59.1 Å². The summed E-state index contributed by atoms with van der Waals surface area (Å²) < 4.78 is 10.7. The fourth-order valence-electron chi connectivity index (χ4n) is 3.12. The highest BCUT2D eigenvalue weighted by atomic mass is 16.6. The van der Waals surface area contributed by atoms with Crippen molar-refractivity contribution >= 4 is 18.1 Å². The van der Waals surface area contributed by atoms with Crippen LogP contribution in [-0.2, 0) is 16.0 Å². The summed E-state index contributed by atoms with van der Waals surface area (Å²) in [7, 11) is 1.61. The normalized spacial score (nSPS) is 17.4. The number of amides is 2. The maximum Gasteiger partial charge on any atom is 0.410 e. The number of rotatable bonds is 4. The summed E-state index contributed by atoms with van der Waals surface area (Å²) in [5, 5.41) is 0. The monoisotopic (exact) mass is 374 g/mol. The number of carbonyl (C=O) groups excluding carboxylic acids is 2. The summed E-state index contributed by atoms with van der Waals surface area (Å²) in [5.74, 6) is 0.784. The lowest BCUT2D eigenvalue weighted by atomic mass is 10.1. The Morgan fingerprint density at radius 1 is 1.30 bits per heavy atom. The van der Waals surface area contributed by atoms with Crippen LogP contribution in [0.25, 0.3) is 6.08 Å². The van der Waals surface area contributed by atoms with Crippen molar-refractivity contribution in [3.8, 4) is 5.75 Å². The minimum atomic E-state index is -0.527. The number of piperazine rings is 1. The zero-order valence-corrected chi connectivity index (χ0v) is 16.9. The van der Waals surface area contributed by atoms with Gasteiger partial charge in [0.05, 0.1) is 13.5 Å². The second-order valence-electron chi connectivity index (χ2n) is 7.82. The van der Waals surface area contributed by atoms with Gasteiger partial charge >= 0.3 is 6.09 Å². The van der Waals surface area contributed by atoms with Crippen LogP contribution in [0.1, 0.15) is 38.8 Å². The van der Waals surface area contributed by atoms with Crippen LogP contribution in [0, 0.1) is 0 Å². The third-order valence-corrected chi connectivity index (χ3v) is 4.48. The van der Waals surface area contributed by atoms with Crippen LogP contribution in [0.5, 0.6) is 5.75 Å². The van der Waals surface area contributed by atoms with E-state index in [1.807, 2.05) is 50.8 Å². The predicted octanol–water partition coefficient (Wildman–Crippen LogP) is 3.35. The van der Waals surface area contributed by atoms with E-state index in [1.165, 1.54) is 0 Å². The van der Waals surface area contributed by atoms with E-state index in [-0.39, 0.29) is 18.0 Å². The highest BCUT2D eigenvalue weighted by Gasteiger charge is 2.32. The van der Waals surface area contributed by atoms with Crippen LogP contribution >= 0.6 is 0 Å². The molecule has 1 heterocycles. The number of nitrogens with zero attached hydrogens (tertiary/aromatic N) is 2. The first-order chi connectivity index (χ1) is 12.6. The molecule has 1 aromatic carbocycles. The molecule has 0 bridgehead atoms. The Labute approximate surface area is 161 Å². The van der Waals surface area contributed by atoms with Gasteiger partial charge in [0.1, 0.15) is 11.4 Å². The van der Waals surface area contributed by atoms with Gasteiger partial charge in [0.15, 0.2) is 0 Å². The molecule has 148 valence electrons. The highest BCUT2D eigenvalue weighted by molar-refractivity contribution is 5.80. The van der Waals surface area contributed by atoms with Crippen LogP contribution in [0.3, 0.4) is 0 Å². The van der Waals surface area contributed by atoms with Crippen LogP contribution in [-0.4, -0.2) is 60.2 Å². The van der Waals surface area contributed by atoms with Crippen LogP contribution in [0.15, 0.2) is 24.8 Å². The largest absolute Gasteiger partial charge is 0.496 e. The fraction of sp³-hybridized carbons (Fsp3) is 0.524. The molecule has 0 spiro atoms. The van der Waals surface area contributed by atoms with Crippen molar-refractivity contribution in [3.63, 3.8) is 0 Å². The van der Waals surface area contributed by atoms with Crippen molar-refractivity contribution in [3.05, 3.63) is 35.9 Å². The summed E-state index contributed by atoms with van der Waals surface area (Å²) in [6, 6.07) is 5.58. The Hall–Kier alpha value is -2.50. The van der Waals surface area contributed by atoms with Crippen molar-refractivity contribution in [1.82, 2.24) is 9.80 Å². The molecule has 27 heavy (non-hydrogen) atoms. The van der Waals surface area contributed by atoms with Crippen molar-refractivity contribution in [2.45, 2.75) is 45.8 Å². The van der Waals surface area contributed by atoms with Crippen molar-refractivity contribution in [1.29, 1.82) is 0 Å². The van der Waals surface area contributed by atoms with Gasteiger partial charge in [0.2, 0.25) is 5.91 Å². The Balaban J connectivity index is 1.98. The Morgan fingerprint density at radius 2 is 2.00 bits per heavy atom. The maximum atomic E-state index is 12.7. The van der Waals surface area contributed by atoms with Gasteiger partial charge in [0, 0.05) is 31.2 Å². The van der Waals surface area contributed by atoms with Crippen molar-refractivity contribution < 1.29 is 19.1 Å². The highest BCUT2D eigenvalue weighted by Crippen LogP contribution is 2.22. The number of carbonyl (C=O) groups is 2. The molecule has 1 atom stereocenters. The molecule has 1 aliphatic rings. The minimum Gasteiger partial charge on any atom is -0.496 e. The lowest BCUT2D eigenvalue weighted by Gasteiger charge is -2.40. The van der Waals surface area contributed by atoms with Crippen molar-refractivity contribution in [2.24, 2.45) is 0 Å². The quantitative estimate of drug-likeness (QED) is 0.811. The molecule has 0 aromatic heterocycles. The Kier molecular flexibility index (Phi) is 6.52. The number of ether oxygens (including phenoxy) is 2. The number of methoxy groups -OCH3 is 1. The Morgan fingerprint density at radius 3 is 2.56 bits per heavy atom. The summed E-state index contributed by atoms with van der Waals surface area (Å²) in [5.41, 5.74) is 1.25. The first-order valence-corrected chi connectivity index (χ1v) is 9.21. The third-order valence-electron chi connectivity index (χ3n) is 4.48. The summed E-state index contributed by atoms with van der Waals surface area (Å²) in [6.07, 6.45) is 1.70. The van der Waals surface area contributed by atoms with E-state index < -0.39 is 5.60 Å². The van der Waals surface area contributed by atoms with E-state index >= 15 is 0 Å². The molecule has 0 aliphatic carbocycles. The lowest BCUT2D eigenvalue weighted by molar-refractivity contribution is -0.133. The van der Waals surface area contributed by atoms with Gasteiger partial charge in [-0.05, 0) is 45.4 Å². The zero-order valence-electron chi connectivity index (χ0n) is 16.9. The second kappa shape index (κ2) is 8.46. The van der Waals surface area contributed by atoms with Gasteiger partial charge in [-0.15, -0.1) is 0 Å². The standard InChI is InChI=1S/C21H30N2O4/c1-7-17-12-16(8-9-18(17)26-6)13-19(24)22-10-11-23(15(2)14-22)20(25)27-21(3,4)5/h7-9,12,15H,1,10-11,13-14H2,2-6H3/t15-/m0/s1. The lowest BCUT2D eigenvalue weighted by Crippen LogP contribution is -2.56. The number of hydrogen-bond donors (Lipinski definition) is 0. The third kappa shape index (κ3) is 5.49. The summed E-state index contributed by atoms with van der Waals surface area (Å²) in [6.45, 7) is 12.8. The fourth-order valence-corrected chi connectivity index (χ4v) is 3.12. The summed E-state index contributed by atoms with van der Waals surface area (Å²) >= 11 is 0. The van der Waals surface area contributed by atoms with E-state index in [2.05, 4.69) is 6.58 Å². The van der Waals surface area contributed by atoms with Gasteiger partial charge in [-0.25, -0.2) is 4.79 Å². The average Bonchev–Trinajstić information content (AvgIpc) is 2.59. The summed E-state index contributed by atoms with van der Waals surface area (Å²) in [4.78, 5) is 28.5. The predicted molar refractivity (Wildman–Crippen MR) is 106 cm³/mol. The molecule has 1 aliphatic heterocycles. The van der Waals surface area contributed by atoms with Gasteiger partial charge in [-0.1, -0.05) is 18.7 Å². The van der Waals surface area contributed by atoms with E-state index in [0.717, 1.165) is 16.9 Å². The molecule has 1 aromatic rings. The van der Waals surface area contributed by atoms with Crippen molar-refractivity contribution in [2.75, 3.05) is 26.7 Å². The number of hydrogen-bond acceptors (Lipinski definition) is 4. The van der Waals surface area contributed by atoms with E-state index in [4.69, 9.17) is 9.47 Å². The van der Waals surface area contributed by atoms with Crippen LogP contribution < -0.4 is 4.74 Å². The molecule has 1 saturated heterocycles. The molecule has 0 radical (unpaired) electrons. The first-order valence-electron chi connectivity index (χ1n) is 9.21. The molecule has 0 unspecified atom stereocenters. The van der Waals surface area contributed by atoms with Gasteiger partial charge < -0.3 is 19.3 Å². The van der Waals surface area contributed by atoms with E-state index in [9.17, 15) is 9.59 Å². The van der Waals surface area contributed by atoms with Gasteiger partial charge in [-0.3, -0.25) is 4.79 Å². The SMILES string of the molecule is C=Cc1cc(CC(=O)N2CCN(C(=O)OC(C)(C)C)[C@@H](C)C2)ccc1OC. The van der Waals surface area contributed by atoms with Crippen LogP contribution in [0.4, 0.5) is 4.79 Å². The van der Waals surface area contributed by atoms with Crippen LogP contribution in [0.2, 0.25) is 0 Å². The average molecular weight is 374 g/mol. The molecule has 0 saturated carbocycles. The van der Waals surface area contributed by atoms with Gasteiger partial charge in [0.25, 0.3) is 0 Å². The minimum absolute atomic E-state index is 0.0471. The molecule has 2 amide bonds. The molecular formula is C21H30N2O4. The first kappa shape index (κ1) is 20.8. The molecule has 6 nitrogen and oxygen atoms in total.